The Balaban J connectivity index is 2.85. The molecule has 6 heteroatoms. The molecule has 1 aromatic rings. The highest BCUT2D eigenvalue weighted by Crippen LogP contribution is 2.08. The summed E-state index contributed by atoms with van der Waals surface area (Å²) in [6.45, 7) is 0. The van der Waals surface area contributed by atoms with E-state index in [-0.39, 0.29) is 0 Å². The predicted molar refractivity (Wildman–Crippen MR) is 54.7 cm³/mol. The summed E-state index contributed by atoms with van der Waals surface area (Å²) in [4.78, 5) is 13.6. The monoisotopic (exact) mass is 243 g/mol. The highest BCUT2D eigenvalue weighted by atomic mass is 79.9. The number of aromatic nitrogens is 2. The van der Waals surface area contributed by atoms with Crippen LogP contribution in [0.4, 0.5) is 5.95 Å². The van der Waals surface area contributed by atoms with Crippen molar-refractivity contribution >= 4 is 27.8 Å². The lowest BCUT2D eigenvalue weighted by Gasteiger charge is -2.09. The van der Waals surface area contributed by atoms with Crippen LogP contribution in [0.5, 0.6) is 0 Å². The van der Waals surface area contributed by atoms with Gasteiger partial charge in [-0.05, 0) is 15.9 Å². The van der Waals surface area contributed by atoms with Gasteiger partial charge < -0.3 is 10.6 Å². The van der Waals surface area contributed by atoms with E-state index in [0.29, 0.717) is 11.9 Å². The Hall–Kier alpha value is -1.17. The smallest absolute Gasteiger partial charge is 0.252 e. The van der Waals surface area contributed by atoms with Crippen LogP contribution in [0.25, 0.3) is 0 Å². The van der Waals surface area contributed by atoms with Crippen molar-refractivity contribution in [1.29, 1.82) is 0 Å². The minimum Gasteiger partial charge on any atom is -0.369 e. The van der Waals surface area contributed by atoms with Crippen LogP contribution in [0.1, 0.15) is 0 Å². The van der Waals surface area contributed by atoms with E-state index in [4.69, 9.17) is 5.73 Å². The number of nitrogens with two attached hydrogens (primary N) is 1. The van der Waals surface area contributed by atoms with E-state index in [0.717, 1.165) is 4.47 Å². The van der Waals surface area contributed by atoms with Crippen molar-refractivity contribution in [1.82, 2.24) is 14.9 Å². The van der Waals surface area contributed by atoms with Crippen LogP contribution < -0.4 is 5.73 Å². The molecule has 0 aliphatic rings. The summed E-state index contributed by atoms with van der Waals surface area (Å²) in [6.07, 6.45) is 3.24. The average molecular weight is 244 g/mol. The van der Waals surface area contributed by atoms with Crippen LogP contribution in [0, 0.1) is 0 Å². The Morgan fingerprint density at radius 3 is 2.46 bits per heavy atom. The Kier molecular flexibility index (Phi) is 3.18. The molecule has 0 radical (unpaired) electrons. The number of hydrogen-bond donors (Lipinski definition) is 1. The molecule has 0 aliphatic carbocycles. The van der Waals surface area contributed by atoms with E-state index in [9.17, 15) is 0 Å². The van der Waals surface area contributed by atoms with Gasteiger partial charge in [-0.2, -0.15) is 4.99 Å². The molecule has 0 unspecified atom stereocenters. The van der Waals surface area contributed by atoms with Crippen molar-refractivity contribution in [3.63, 3.8) is 0 Å². The molecule has 0 atom stereocenters. The van der Waals surface area contributed by atoms with Crippen LogP contribution in [-0.2, 0) is 0 Å². The van der Waals surface area contributed by atoms with Crippen molar-refractivity contribution in [3.05, 3.63) is 16.9 Å². The molecular formula is C7H10BrN5. The molecule has 0 saturated heterocycles. The largest absolute Gasteiger partial charge is 0.369 e. The molecule has 0 aromatic carbocycles. The summed E-state index contributed by atoms with van der Waals surface area (Å²) in [5, 5.41) is 0. The zero-order valence-electron chi connectivity index (χ0n) is 7.40. The molecule has 5 nitrogen and oxygen atoms in total. The molecule has 1 rings (SSSR count). The van der Waals surface area contributed by atoms with Gasteiger partial charge in [-0.15, -0.1) is 0 Å². The molecule has 0 saturated carbocycles. The van der Waals surface area contributed by atoms with Crippen molar-refractivity contribution in [2.24, 2.45) is 10.7 Å². The average Bonchev–Trinajstić information content (AvgIpc) is 2.08. The van der Waals surface area contributed by atoms with Crippen LogP contribution in [0.2, 0.25) is 0 Å². The van der Waals surface area contributed by atoms with Gasteiger partial charge in [-0.1, -0.05) is 0 Å². The molecule has 70 valence electrons. The zero-order valence-corrected chi connectivity index (χ0v) is 8.98. The van der Waals surface area contributed by atoms with Gasteiger partial charge in [0.05, 0.1) is 4.47 Å². The lowest BCUT2D eigenvalue weighted by Crippen LogP contribution is -2.29. The summed E-state index contributed by atoms with van der Waals surface area (Å²) < 4.78 is 0.815. The summed E-state index contributed by atoms with van der Waals surface area (Å²) in [6, 6.07) is 0. The van der Waals surface area contributed by atoms with Gasteiger partial charge in [-0.3, -0.25) is 0 Å². The first-order valence-electron chi connectivity index (χ1n) is 3.58. The van der Waals surface area contributed by atoms with Crippen LogP contribution in [-0.4, -0.2) is 34.9 Å². The Morgan fingerprint density at radius 1 is 1.46 bits per heavy atom. The van der Waals surface area contributed by atoms with Crippen molar-refractivity contribution in [3.8, 4) is 0 Å². The third kappa shape index (κ3) is 2.98. The van der Waals surface area contributed by atoms with Crippen LogP contribution >= 0.6 is 15.9 Å². The number of rotatable bonds is 1. The molecule has 0 spiro atoms. The second-order valence-electron chi connectivity index (χ2n) is 2.57. The van der Waals surface area contributed by atoms with Gasteiger partial charge in [0, 0.05) is 26.5 Å². The molecule has 0 aliphatic heterocycles. The molecule has 1 heterocycles. The molecule has 1 aromatic heterocycles. The minimum absolute atomic E-state index is 0.356. The van der Waals surface area contributed by atoms with Crippen molar-refractivity contribution in [2.75, 3.05) is 14.1 Å². The number of guanidine groups is 1. The quantitative estimate of drug-likeness (QED) is 0.584. The van der Waals surface area contributed by atoms with Gasteiger partial charge >= 0.3 is 0 Å². The Morgan fingerprint density at radius 2 is 2.00 bits per heavy atom. The van der Waals surface area contributed by atoms with E-state index in [1.54, 1.807) is 31.4 Å². The maximum atomic E-state index is 5.57. The first-order valence-corrected chi connectivity index (χ1v) is 4.38. The Labute approximate surface area is 84.8 Å². The van der Waals surface area contributed by atoms with Crippen LogP contribution in [0.15, 0.2) is 21.9 Å². The summed E-state index contributed by atoms with van der Waals surface area (Å²) in [7, 11) is 3.61. The summed E-state index contributed by atoms with van der Waals surface area (Å²) in [5.41, 5.74) is 5.57. The van der Waals surface area contributed by atoms with E-state index in [1.807, 2.05) is 0 Å². The molecule has 13 heavy (non-hydrogen) atoms. The number of hydrogen-bond acceptors (Lipinski definition) is 3. The highest BCUT2D eigenvalue weighted by molar-refractivity contribution is 9.10. The second kappa shape index (κ2) is 4.18. The van der Waals surface area contributed by atoms with Gasteiger partial charge in [0.1, 0.15) is 0 Å². The topological polar surface area (TPSA) is 67.4 Å². The van der Waals surface area contributed by atoms with Crippen molar-refractivity contribution < 1.29 is 0 Å². The number of nitrogens with zero attached hydrogens (tertiary/aromatic N) is 4. The molecular weight excluding hydrogens is 234 g/mol. The third-order valence-corrected chi connectivity index (χ3v) is 1.69. The molecule has 0 amide bonds. The van der Waals surface area contributed by atoms with Crippen LogP contribution in [0.3, 0.4) is 0 Å². The van der Waals surface area contributed by atoms with E-state index < -0.39 is 0 Å². The Bertz CT molecular complexity index is 305. The normalized spacial score (nSPS) is 11.5. The maximum absolute atomic E-state index is 5.57. The fourth-order valence-corrected chi connectivity index (χ4v) is 0.770. The lowest BCUT2D eigenvalue weighted by molar-refractivity contribution is 0.614. The minimum atomic E-state index is 0.356. The summed E-state index contributed by atoms with van der Waals surface area (Å²) >= 11 is 3.23. The standard InChI is InChI=1S/C7H10BrN5/c1-13(2)6(9)12-7-10-3-5(8)4-11-7/h3-4H,1-2H3,(H2,9,10,11,12). The fourth-order valence-electron chi connectivity index (χ4n) is 0.566. The summed E-state index contributed by atoms with van der Waals surface area (Å²) in [5.74, 6) is 0.733. The van der Waals surface area contributed by atoms with Gasteiger partial charge in [0.2, 0.25) is 0 Å². The second-order valence-corrected chi connectivity index (χ2v) is 3.48. The van der Waals surface area contributed by atoms with Crippen molar-refractivity contribution in [2.45, 2.75) is 0 Å². The van der Waals surface area contributed by atoms with Gasteiger partial charge in [0.25, 0.3) is 5.95 Å². The van der Waals surface area contributed by atoms with E-state index in [1.165, 1.54) is 0 Å². The third-order valence-electron chi connectivity index (χ3n) is 1.28. The first kappa shape index (κ1) is 9.91. The predicted octanol–water partition coefficient (Wildman–Crippen LogP) is 0.747. The fraction of sp³-hybridized carbons (Fsp3) is 0.286. The maximum Gasteiger partial charge on any atom is 0.252 e. The SMILES string of the molecule is CN(C)/C(N)=N/c1ncc(Br)cn1. The highest BCUT2D eigenvalue weighted by Gasteiger charge is 1.97. The van der Waals surface area contributed by atoms with E-state index >= 15 is 0 Å². The molecule has 2 N–H and O–H groups in total. The van der Waals surface area contributed by atoms with E-state index in [2.05, 4.69) is 30.9 Å². The van der Waals surface area contributed by atoms with Gasteiger partial charge in [0.15, 0.2) is 5.96 Å². The van der Waals surface area contributed by atoms with Gasteiger partial charge in [-0.25, -0.2) is 9.97 Å². The molecule has 0 bridgehead atoms. The first-order chi connectivity index (χ1) is 6.09. The lowest BCUT2D eigenvalue weighted by atomic mass is 10.7. The zero-order chi connectivity index (χ0) is 9.84. The molecule has 0 fully saturated rings. The number of halogens is 1. The number of aliphatic imine (C=N–C) groups is 1.